The van der Waals surface area contributed by atoms with Crippen LogP contribution in [0, 0.1) is 5.92 Å². The van der Waals surface area contributed by atoms with Crippen LogP contribution < -0.4 is 5.32 Å². The quantitative estimate of drug-likeness (QED) is 0.536. The highest BCUT2D eigenvalue weighted by Crippen LogP contribution is 2.27. The van der Waals surface area contributed by atoms with Crippen LogP contribution >= 0.6 is 0 Å². The van der Waals surface area contributed by atoms with Crippen molar-refractivity contribution in [2.45, 2.75) is 26.7 Å². The average molecular weight is 272 g/mol. The standard InChI is InChI=1S/C14H28N2O3/c1-3-18-9-7-16(8-10-19-4-2)14(17)12-15-11-13-5-6-13/h13,15H,3-12H2,1-2H3. The van der Waals surface area contributed by atoms with Crippen molar-refractivity contribution in [1.29, 1.82) is 0 Å². The zero-order chi connectivity index (χ0) is 13.9. The van der Waals surface area contributed by atoms with Gasteiger partial charge in [-0.15, -0.1) is 0 Å². The second-order valence-electron chi connectivity index (χ2n) is 4.85. The first-order valence-corrected chi connectivity index (χ1v) is 7.41. The van der Waals surface area contributed by atoms with E-state index in [1.807, 2.05) is 18.7 Å². The number of hydrogen-bond donors (Lipinski definition) is 1. The fraction of sp³-hybridized carbons (Fsp3) is 0.929. The molecule has 5 heteroatoms. The van der Waals surface area contributed by atoms with Crippen LogP contribution in [-0.2, 0) is 14.3 Å². The minimum atomic E-state index is 0.139. The van der Waals surface area contributed by atoms with Crippen LogP contribution in [0.3, 0.4) is 0 Å². The van der Waals surface area contributed by atoms with Gasteiger partial charge in [0.05, 0.1) is 19.8 Å². The Morgan fingerprint density at radius 3 is 2.21 bits per heavy atom. The van der Waals surface area contributed by atoms with Gasteiger partial charge in [0.1, 0.15) is 0 Å². The summed E-state index contributed by atoms with van der Waals surface area (Å²) in [5.41, 5.74) is 0. The van der Waals surface area contributed by atoms with Crippen LogP contribution in [0.15, 0.2) is 0 Å². The lowest BCUT2D eigenvalue weighted by Gasteiger charge is -2.22. The maximum atomic E-state index is 12.1. The number of carbonyl (C=O) groups excluding carboxylic acids is 1. The van der Waals surface area contributed by atoms with Gasteiger partial charge in [-0.2, -0.15) is 0 Å². The summed E-state index contributed by atoms with van der Waals surface area (Å²) in [5, 5.41) is 3.24. The molecule has 19 heavy (non-hydrogen) atoms. The fourth-order valence-corrected chi connectivity index (χ4v) is 1.82. The van der Waals surface area contributed by atoms with E-state index in [0.717, 1.165) is 12.5 Å². The lowest BCUT2D eigenvalue weighted by Crippen LogP contribution is -2.42. The van der Waals surface area contributed by atoms with E-state index in [4.69, 9.17) is 9.47 Å². The Morgan fingerprint density at radius 1 is 1.16 bits per heavy atom. The molecule has 5 nitrogen and oxygen atoms in total. The van der Waals surface area contributed by atoms with Crippen LogP contribution in [-0.4, -0.2) is 63.4 Å². The van der Waals surface area contributed by atoms with Crippen molar-refractivity contribution >= 4 is 5.91 Å². The van der Waals surface area contributed by atoms with Crippen LogP contribution in [0.1, 0.15) is 26.7 Å². The smallest absolute Gasteiger partial charge is 0.236 e. The molecule has 0 saturated heterocycles. The summed E-state index contributed by atoms with van der Waals surface area (Å²) in [4.78, 5) is 13.9. The number of nitrogens with one attached hydrogen (secondary N) is 1. The molecule has 0 heterocycles. The van der Waals surface area contributed by atoms with Crippen molar-refractivity contribution in [3.05, 3.63) is 0 Å². The van der Waals surface area contributed by atoms with Gasteiger partial charge in [0.2, 0.25) is 5.91 Å². The van der Waals surface area contributed by atoms with E-state index in [9.17, 15) is 4.79 Å². The van der Waals surface area contributed by atoms with Crippen LogP contribution in [0.5, 0.6) is 0 Å². The third-order valence-electron chi connectivity index (χ3n) is 3.18. The molecule has 0 bridgehead atoms. The summed E-state index contributed by atoms with van der Waals surface area (Å²) >= 11 is 0. The molecular weight excluding hydrogens is 244 g/mol. The maximum absolute atomic E-state index is 12.1. The third-order valence-corrected chi connectivity index (χ3v) is 3.18. The van der Waals surface area contributed by atoms with Gasteiger partial charge in [0, 0.05) is 26.3 Å². The normalized spacial score (nSPS) is 14.6. The molecule has 0 aromatic heterocycles. The minimum Gasteiger partial charge on any atom is -0.380 e. The molecule has 0 spiro atoms. The monoisotopic (exact) mass is 272 g/mol. The molecule has 0 aliphatic heterocycles. The molecule has 1 aliphatic rings. The summed E-state index contributed by atoms with van der Waals surface area (Å²) in [6.07, 6.45) is 2.61. The zero-order valence-corrected chi connectivity index (χ0v) is 12.3. The van der Waals surface area contributed by atoms with Gasteiger partial charge in [-0.3, -0.25) is 4.79 Å². The number of amides is 1. The molecule has 1 amide bonds. The van der Waals surface area contributed by atoms with Gasteiger partial charge >= 0.3 is 0 Å². The Morgan fingerprint density at radius 2 is 1.74 bits per heavy atom. The second kappa shape index (κ2) is 10.2. The first kappa shape index (κ1) is 16.4. The van der Waals surface area contributed by atoms with Gasteiger partial charge in [-0.25, -0.2) is 0 Å². The Labute approximate surface area is 116 Å². The van der Waals surface area contributed by atoms with Gasteiger partial charge < -0.3 is 19.7 Å². The number of nitrogens with zero attached hydrogens (tertiary/aromatic N) is 1. The molecule has 0 unspecified atom stereocenters. The van der Waals surface area contributed by atoms with E-state index >= 15 is 0 Å². The Balaban J connectivity index is 2.20. The lowest BCUT2D eigenvalue weighted by molar-refractivity contribution is -0.131. The number of hydrogen-bond acceptors (Lipinski definition) is 4. The first-order valence-electron chi connectivity index (χ1n) is 7.41. The number of carbonyl (C=O) groups is 1. The van der Waals surface area contributed by atoms with Crippen molar-refractivity contribution < 1.29 is 14.3 Å². The van der Waals surface area contributed by atoms with E-state index in [-0.39, 0.29) is 5.91 Å². The first-order chi connectivity index (χ1) is 9.27. The Bertz CT molecular complexity index is 235. The summed E-state index contributed by atoms with van der Waals surface area (Å²) in [5.74, 6) is 0.938. The van der Waals surface area contributed by atoms with Crippen LogP contribution in [0.4, 0.5) is 0 Å². The van der Waals surface area contributed by atoms with Gasteiger partial charge in [0.25, 0.3) is 0 Å². The zero-order valence-electron chi connectivity index (χ0n) is 12.3. The average Bonchev–Trinajstić information content (AvgIpc) is 3.21. The highest BCUT2D eigenvalue weighted by Gasteiger charge is 2.21. The molecule has 0 aromatic carbocycles. The van der Waals surface area contributed by atoms with Crippen molar-refractivity contribution in [3.8, 4) is 0 Å². The summed E-state index contributed by atoms with van der Waals surface area (Å²) < 4.78 is 10.6. The maximum Gasteiger partial charge on any atom is 0.236 e. The van der Waals surface area contributed by atoms with Crippen molar-refractivity contribution in [1.82, 2.24) is 10.2 Å². The van der Waals surface area contributed by atoms with Gasteiger partial charge in [0.15, 0.2) is 0 Å². The molecule has 112 valence electrons. The van der Waals surface area contributed by atoms with E-state index in [1.165, 1.54) is 12.8 Å². The molecule has 1 rings (SSSR count). The van der Waals surface area contributed by atoms with E-state index in [0.29, 0.717) is 46.1 Å². The number of ether oxygens (including phenoxy) is 2. The van der Waals surface area contributed by atoms with E-state index in [2.05, 4.69) is 5.32 Å². The van der Waals surface area contributed by atoms with Gasteiger partial charge in [-0.05, 0) is 39.2 Å². The summed E-state index contributed by atoms with van der Waals surface area (Å²) in [6.45, 7) is 9.17. The van der Waals surface area contributed by atoms with E-state index < -0.39 is 0 Å². The van der Waals surface area contributed by atoms with Crippen molar-refractivity contribution in [2.75, 3.05) is 52.6 Å². The highest BCUT2D eigenvalue weighted by atomic mass is 16.5. The molecule has 1 fully saturated rings. The number of rotatable bonds is 12. The Kier molecular flexibility index (Phi) is 8.79. The Hall–Kier alpha value is -0.650. The predicted octanol–water partition coefficient (Wildman–Crippen LogP) is 0.888. The highest BCUT2D eigenvalue weighted by molar-refractivity contribution is 5.78. The molecule has 0 aromatic rings. The molecule has 1 aliphatic carbocycles. The minimum absolute atomic E-state index is 0.139. The second-order valence-corrected chi connectivity index (χ2v) is 4.85. The van der Waals surface area contributed by atoms with Gasteiger partial charge in [-0.1, -0.05) is 0 Å². The molecule has 0 atom stereocenters. The predicted molar refractivity (Wildman–Crippen MR) is 75.2 cm³/mol. The SMILES string of the molecule is CCOCCN(CCOCC)C(=O)CNCC1CC1. The fourth-order valence-electron chi connectivity index (χ4n) is 1.82. The molecule has 1 saturated carbocycles. The topological polar surface area (TPSA) is 50.8 Å². The van der Waals surface area contributed by atoms with Crippen molar-refractivity contribution in [2.24, 2.45) is 5.92 Å². The summed E-state index contributed by atoms with van der Waals surface area (Å²) in [6, 6.07) is 0. The summed E-state index contributed by atoms with van der Waals surface area (Å²) in [7, 11) is 0. The lowest BCUT2D eigenvalue weighted by atomic mass is 10.4. The molecular formula is C14H28N2O3. The largest absolute Gasteiger partial charge is 0.380 e. The van der Waals surface area contributed by atoms with E-state index in [1.54, 1.807) is 0 Å². The van der Waals surface area contributed by atoms with Crippen LogP contribution in [0.25, 0.3) is 0 Å². The molecule has 0 radical (unpaired) electrons. The van der Waals surface area contributed by atoms with Crippen molar-refractivity contribution in [3.63, 3.8) is 0 Å². The third kappa shape index (κ3) is 8.18. The molecule has 1 N–H and O–H groups in total. The van der Waals surface area contributed by atoms with Crippen LogP contribution in [0.2, 0.25) is 0 Å².